The lowest BCUT2D eigenvalue weighted by Gasteiger charge is -2.36. The van der Waals surface area contributed by atoms with Gasteiger partial charge in [-0.1, -0.05) is 40.2 Å². The Balaban J connectivity index is 1.91. The number of aromatic nitrogens is 4. The van der Waals surface area contributed by atoms with Crippen LogP contribution in [0.4, 0.5) is 4.79 Å². The van der Waals surface area contributed by atoms with Gasteiger partial charge in [-0.3, -0.25) is 9.59 Å². The number of carboxylic acid groups (broad SMARTS) is 1. The van der Waals surface area contributed by atoms with Gasteiger partial charge in [0.05, 0.1) is 6.04 Å². The highest BCUT2D eigenvalue weighted by Crippen LogP contribution is 2.45. The van der Waals surface area contributed by atoms with Gasteiger partial charge in [0.15, 0.2) is 5.82 Å². The number of hydrogen-bond donors (Lipinski definition) is 3. The SMILES string of the molecule is C=CC1CC1(NC(=O)C1CC(n2nnc(CCCC)n2)CN1C(=O)C(NC(=O)OC(C)(C)C)C(C)(C)C)C(=O)O. The predicted molar refractivity (Wildman–Crippen MR) is 145 cm³/mol. The van der Waals surface area contributed by atoms with Crippen molar-refractivity contribution in [2.45, 2.75) is 110 Å². The molecule has 3 rings (SSSR count). The number of aryl methyl sites for hydroxylation is 1. The molecule has 2 aliphatic rings. The van der Waals surface area contributed by atoms with Crippen LogP contribution in [-0.4, -0.2) is 83.9 Å². The van der Waals surface area contributed by atoms with Crippen LogP contribution in [0.2, 0.25) is 0 Å². The molecule has 1 saturated heterocycles. The second kappa shape index (κ2) is 11.5. The van der Waals surface area contributed by atoms with Crippen LogP contribution >= 0.6 is 0 Å². The zero-order valence-electron chi connectivity index (χ0n) is 24.6. The number of nitrogens with zero attached hydrogens (tertiary/aromatic N) is 5. The molecule has 0 radical (unpaired) electrons. The number of likely N-dealkylation sites (tertiary alicyclic amines) is 1. The van der Waals surface area contributed by atoms with Crippen LogP contribution in [0.15, 0.2) is 12.7 Å². The minimum atomic E-state index is -1.46. The van der Waals surface area contributed by atoms with Crippen molar-refractivity contribution in [3.8, 4) is 0 Å². The number of aliphatic carboxylic acids is 1. The molecule has 222 valence electrons. The molecule has 1 aromatic heterocycles. The normalized spacial score (nSPS) is 25.2. The topological polar surface area (TPSA) is 169 Å². The highest BCUT2D eigenvalue weighted by atomic mass is 16.6. The van der Waals surface area contributed by atoms with Gasteiger partial charge in [-0.25, -0.2) is 9.59 Å². The third kappa shape index (κ3) is 6.97. The van der Waals surface area contributed by atoms with Crippen LogP contribution < -0.4 is 10.6 Å². The number of ether oxygens (including phenoxy) is 1. The molecule has 13 nitrogen and oxygen atoms in total. The quantitative estimate of drug-likeness (QED) is 0.363. The Labute approximate surface area is 235 Å². The molecule has 1 aromatic rings. The van der Waals surface area contributed by atoms with Gasteiger partial charge in [-0.15, -0.1) is 16.8 Å². The lowest BCUT2D eigenvalue weighted by molar-refractivity contribution is -0.146. The molecule has 1 aliphatic heterocycles. The number of alkyl carbamates (subject to hydrolysis) is 1. The summed E-state index contributed by atoms with van der Waals surface area (Å²) in [6.07, 6.45) is 3.65. The molecule has 3 amide bonds. The molecule has 5 atom stereocenters. The lowest BCUT2D eigenvalue weighted by atomic mass is 9.85. The molecular formula is C27H43N7O6. The summed E-state index contributed by atoms with van der Waals surface area (Å²) in [5.41, 5.74) is -2.97. The van der Waals surface area contributed by atoms with Crippen LogP contribution in [0.25, 0.3) is 0 Å². The highest BCUT2D eigenvalue weighted by Gasteiger charge is 2.61. The smallest absolute Gasteiger partial charge is 0.408 e. The molecule has 0 bridgehead atoms. The van der Waals surface area contributed by atoms with Crippen LogP contribution in [0, 0.1) is 11.3 Å². The number of carbonyl (C=O) groups excluding carboxylic acids is 3. The Bertz CT molecular complexity index is 1140. The summed E-state index contributed by atoms with van der Waals surface area (Å²) in [5, 5.41) is 27.9. The fourth-order valence-corrected chi connectivity index (χ4v) is 4.88. The van der Waals surface area contributed by atoms with E-state index < -0.39 is 64.5 Å². The van der Waals surface area contributed by atoms with Gasteiger partial charge in [0.1, 0.15) is 23.2 Å². The Kier molecular flexibility index (Phi) is 8.95. The van der Waals surface area contributed by atoms with Crippen molar-refractivity contribution in [2.24, 2.45) is 11.3 Å². The minimum Gasteiger partial charge on any atom is -0.479 e. The summed E-state index contributed by atoms with van der Waals surface area (Å²) in [6.45, 7) is 16.4. The molecule has 1 aliphatic carbocycles. The number of carboxylic acids is 1. The third-order valence-electron chi connectivity index (χ3n) is 7.22. The number of hydrogen-bond acceptors (Lipinski definition) is 8. The molecule has 40 heavy (non-hydrogen) atoms. The van der Waals surface area contributed by atoms with Crippen LogP contribution in [0.1, 0.15) is 86.0 Å². The Morgan fingerprint density at radius 3 is 2.42 bits per heavy atom. The van der Waals surface area contributed by atoms with E-state index in [0.717, 1.165) is 12.8 Å². The zero-order valence-corrected chi connectivity index (χ0v) is 24.6. The summed E-state index contributed by atoms with van der Waals surface area (Å²) < 4.78 is 5.39. The van der Waals surface area contributed by atoms with Crippen molar-refractivity contribution < 1.29 is 29.0 Å². The van der Waals surface area contributed by atoms with E-state index in [1.165, 1.54) is 15.8 Å². The van der Waals surface area contributed by atoms with Crippen molar-refractivity contribution in [2.75, 3.05) is 6.54 Å². The largest absolute Gasteiger partial charge is 0.479 e. The van der Waals surface area contributed by atoms with E-state index in [1.54, 1.807) is 41.5 Å². The van der Waals surface area contributed by atoms with E-state index in [4.69, 9.17) is 4.74 Å². The second-order valence-electron chi connectivity index (χ2n) is 12.8. The zero-order chi connectivity index (χ0) is 30.0. The molecule has 2 heterocycles. The first-order valence-corrected chi connectivity index (χ1v) is 13.8. The van der Waals surface area contributed by atoms with Crippen molar-refractivity contribution in [1.82, 2.24) is 35.7 Å². The average molecular weight is 562 g/mol. The summed E-state index contributed by atoms with van der Waals surface area (Å²) in [5.74, 6) is -2.09. The molecule has 2 fully saturated rings. The van der Waals surface area contributed by atoms with Crippen LogP contribution in [-0.2, 0) is 25.5 Å². The number of tetrazole rings is 1. The monoisotopic (exact) mass is 561 g/mol. The van der Waals surface area contributed by atoms with Gasteiger partial charge in [-0.05, 0) is 44.2 Å². The Morgan fingerprint density at radius 2 is 1.90 bits per heavy atom. The molecule has 3 N–H and O–H groups in total. The molecule has 0 spiro atoms. The summed E-state index contributed by atoms with van der Waals surface area (Å²) in [7, 11) is 0. The van der Waals surface area contributed by atoms with E-state index in [2.05, 4.69) is 39.5 Å². The van der Waals surface area contributed by atoms with E-state index >= 15 is 0 Å². The van der Waals surface area contributed by atoms with Gasteiger partial charge >= 0.3 is 12.1 Å². The van der Waals surface area contributed by atoms with Crippen molar-refractivity contribution >= 4 is 23.9 Å². The first-order valence-electron chi connectivity index (χ1n) is 13.8. The first-order chi connectivity index (χ1) is 18.5. The summed E-state index contributed by atoms with van der Waals surface area (Å²) >= 11 is 0. The van der Waals surface area contributed by atoms with Crippen molar-refractivity contribution in [3.05, 3.63) is 18.5 Å². The fourth-order valence-electron chi connectivity index (χ4n) is 4.88. The van der Waals surface area contributed by atoms with Gasteiger partial charge in [0.2, 0.25) is 11.8 Å². The maximum absolute atomic E-state index is 14.0. The molecule has 5 unspecified atom stereocenters. The summed E-state index contributed by atoms with van der Waals surface area (Å²) in [6, 6.07) is -2.52. The van der Waals surface area contributed by atoms with Gasteiger partial charge in [0.25, 0.3) is 0 Å². The van der Waals surface area contributed by atoms with Crippen LogP contribution in [0.3, 0.4) is 0 Å². The number of amides is 3. The number of carbonyl (C=O) groups is 4. The highest BCUT2D eigenvalue weighted by molar-refractivity contribution is 5.96. The third-order valence-corrected chi connectivity index (χ3v) is 7.22. The van der Waals surface area contributed by atoms with Gasteiger partial charge in [-0.2, -0.15) is 4.80 Å². The predicted octanol–water partition coefficient (Wildman–Crippen LogP) is 2.24. The Hall–Kier alpha value is -3.51. The number of unbranched alkanes of at least 4 members (excludes halogenated alkanes) is 1. The minimum absolute atomic E-state index is 0.0774. The van der Waals surface area contributed by atoms with Crippen LogP contribution in [0.5, 0.6) is 0 Å². The number of rotatable bonds is 10. The van der Waals surface area contributed by atoms with E-state index in [-0.39, 0.29) is 19.4 Å². The summed E-state index contributed by atoms with van der Waals surface area (Å²) in [4.78, 5) is 55.2. The van der Waals surface area contributed by atoms with E-state index in [9.17, 15) is 24.3 Å². The molecule has 1 saturated carbocycles. The Morgan fingerprint density at radius 1 is 1.23 bits per heavy atom. The van der Waals surface area contributed by atoms with Gasteiger partial charge < -0.3 is 25.4 Å². The van der Waals surface area contributed by atoms with Gasteiger partial charge in [0, 0.05) is 25.3 Å². The maximum Gasteiger partial charge on any atom is 0.408 e. The first kappa shape index (κ1) is 31.0. The molecule has 13 heteroatoms. The number of nitrogens with one attached hydrogen (secondary N) is 2. The fraction of sp³-hybridized carbons (Fsp3) is 0.741. The maximum atomic E-state index is 14.0. The van der Waals surface area contributed by atoms with E-state index in [0.29, 0.717) is 12.2 Å². The lowest BCUT2D eigenvalue weighted by Crippen LogP contribution is -2.59. The second-order valence-corrected chi connectivity index (χ2v) is 12.8. The molecule has 0 aromatic carbocycles. The standard InChI is InChI=1S/C27H43N7O6/c1-9-11-12-19-30-32-34(31-19)17-13-18(21(35)29-27(23(37)38)14-16(27)10-2)33(15-17)22(36)20(25(3,4)5)28-24(39)40-26(6,7)8/h10,16-18,20H,2,9,11-15H2,1,3-8H3,(H,28,39)(H,29,35)(H,37,38). The average Bonchev–Trinajstić information content (AvgIpc) is 3.16. The van der Waals surface area contributed by atoms with E-state index in [1.807, 2.05) is 0 Å². The van der Waals surface area contributed by atoms with Crippen molar-refractivity contribution in [3.63, 3.8) is 0 Å². The molecular weight excluding hydrogens is 518 g/mol. The van der Waals surface area contributed by atoms with Crippen molar-refractivity contribution in [1.29, 1.82) is 0 Å².